The van der Waals surface area contributed by atoms with Crippen molar-refractivity contribution in [2.45, 2.75) is 11.3 Å². The van der Waals surface area contributed by atoms with Crippen LogP contribution in [0.25, 0.3) is 0 Å². The van der Waals surface area contributed by atoms with Gasteiger partial charge in [0.2, 0.25) is 10.0 Å². The fourth-order valence-corrected chi connectivity index (χ4v) is 2.65. The Hall–Kier alpha value is -2.18. The predicted molar refractivity (Wildman–Crippen MR) is 81.7 cm³/mol. The van der Waals surface area contributed by atoms with Gasteiger partial charge in [0, 0.05) is 18.5 Å². The Kier molecular flexibility index (Phi) is 4.72. The van der Waals surface area contributed by atoms with E-state index in [-0.39, 0.29) is 17.1 Å². The molecule has 0 aromatic heterocycles. The molecule has 0 saturated carbocycles. The number of nitrogens with two attached hydrogens (primary N) is 1. The summed E-state index contributed by atoms with van der Waals surface area (Å²) in [4.78, 5) is 12.0. The summed E-state index contributed by atoms with van der Waals surface area (Å²) < 4.78 is 22.9. The number of hydrogen-bond acceptors (Lipinski definition) is 4. The summed E-state index contributed by atoms with van der Waals surface area (Å²) in [7, 11) is -3.78. The van der Waals surface area contributed by atoms with Crippen LogP contribution in [0.3, 0.4) is 0 Å². The molecule has 21 heavy (non-hydrogen) atoms. The van der Waals surface area contributed by atoms with E-state index < -0.39 is 10.0 Å². The van der Waals surface area contributed by atoms with E-state index in [1.165, 1.54) is 6.07 Å². The quantitative estimate of drug-likeness (QED) is 0.799. The van der Waals surface area contributed by atoms with Crippen molar-refractivity contribution in [1.29, 1.82) is 0 Å². The number of benzene rings is 2. The molecule has 0 unspecified atom stereocenters. The fourth-order valence-electron chi connectivity index (χ4n) is 1.94. The molecular formula is C15H16N2O3S. The van der Waals surface area contributed by atoms with Crippen LogP contribution in [0.5, 0.6) is 0 Å². The SMILES string of the molecule is NS(=O)(=O)c1ccccc1NCCC(=O)c1ccccc1. The molecule has 5 nitrogen and oxygen atoms in total. The van der Waals surface area contributed by atoms with E-state index in [9.17, 15) is 13.2 Å². The van der Waals surface area contributed by atoms with Crippen molar-refractivity contribution in [3.05, 3.63) is 60.2 Å². The minimum atomic E-state index is -3.78. The van der Waals surface area contributed by atoms with Crippen molar-refractivity contribution in [3.8, 4) is 0 Å². The Labute approximate surface area is 123 Å². The third kappa shape index (κ3) is 4.14. The highest BCUT2D eigenvalue weighted by Gasteiger charge is 2.13. The van der Waals surface area contributed by atoms with Crippen molar-refractivity contribution in [2.75, 3.05) is 11.9 Å². The van der Waals surface area contributed by atoms with Gasteiger partial charge in [-0.25, -0.2) is 13.6 Å². The van der Waals surface area contributed by atoms with Gasteiger partial charge in [-0.1, -0.05) is 42.5 Å². The van der Waals surface area contributed by atoms with Gasteiger partial charge >= 0.3 is 0 Å². The third-order valence-electron chi connectivity index (χ3n) is 2.96. The molecule has 0 aliphatic carbocycles. The first-order chi connectivity index (χ1) is 9.98. The number of ketones is 1. The predicted octanol–water partition coefficient (Wildman–Crippen LogP) is 2.02. The van der Waals surface area contributed by atoms with Crippen molar-refractivity contribution in [1.82, 2.24) is 0 Å². The molecule has 0 aliphatic rings. The summed E-state index contributed by atoms with van der Waals surface area (Å²) in [6, 6.07) is 15.3. The fraction of sp³-hybridized carbons (Fsp3) is 0.133. The molecule has 0 fully saturated rings. The van der Waals surface area contributed by atoms with Crippen LogP contribution in [0, 0.1) is 0 Å². The van der Waals surface area contributed by atoms with Crippen LogP contribution in [0.2, 0.25) is 0 Å². The van der Waals surface area contributed by atoms with Gasteiger partial charge in [0.15, 0.2) is 5.78 Å². The molecule has 0 aliphatic heterocycles. The number of primary sulfonamides is 1. The Bertz CT molecular complexity index is 728. The molecule has 110 valence electrons. The molecule has 2 aromatic carbocycles. The number of Topliss-reactive ketones (excluding diaryl/α,β-unsaturated/α-hetero) is 1. The molecular weight excluding hydrogens is 288 g/mol. The smallest absolute Gasteiger partial charge is 0.240 e. The van der Waals surface area contributed by atoms with Crippen LogP contribution in [0.15, 0.2) is 59.5 Å². The monoisotopic (exact) mass is 304 g/mol. The lowest BCUT2D eigenvalue weighted by Crippen LogP contribution is -2.16. The van der Waals surface area contributed by atoms with E-state index >= 15 is 0 Å². The molecule has 0 amide bonds. The van der Waals surface area contributed by atoms with Gasteiger partial charge in [-0.2, -0.15) is 0 Å². The number of anilines is 1. The standard InChI is InChI=1S/C15H16N2O3S/c16-21(19,20)15-9-5-4-8-13(15)17-11-10-14(18)12-6-2-1-3-7-12/h1-9,17H,10-11H2,(H2,16,19,20). The van der Waals surface area contributed by atoms with E-state index in [0.29, 0.717) is 17.8 Å². The van der Waals surface area contributed by atoms with Crippen LogP contribution in [0.4, 0.5) is 5.69 Å². The van der Waals surface area contributed by atoms with Crippen molar-refractivity contribution >= 4 is 21.5 Å². The van der Waals surface area contributed by atoms with Gasteiger partial charge in [0.05, 0.1) is 5.69 Å². The zero-order valence-corrected chi connectivity index (χ0v) is 12.1. The molecule has 6 heteroatoms. The summed E-state index contributed by atoms with van der Waals surface area (Å²) in [6.45, 7) is 0.334. The molecule has 0 radical (unpaired) electrons. The van der Waals surface area contributed by atoms with Crippen molar-refractivity contribution in [2.24, 2.45) is 5.14 Å². The molecule has 2 aromatic rings. The zero-order chi connectivity index (χ0) is 15.3. The highest BCUT2D eigenvalue weighted by atomic mass is 32.2. The summed E-state index contributed by atoms with van der Waals surface area (Å²) in [5.74, 6) is -0.00353. The summed E-state index contributed by atoms with van der Waals surface area (Å²) >= 11 is 0. The number of hydrogen-bond donors (Lipinski definition) is 2. The zero-order valence-electron chi connectivity index (χ0n) is 11.3. The second kappa shape index (κ2) is 6.51. The average molecular weight is 304 g/mol. The van der Waals surface area contributed by atoms with Crippen LogP contribution < -0.4 is 10.5 Å². The first-order valence-electron chi connectivity index (χ1n) is 6.42. The van der Waals surface area contributed by atoms with Gasteiger partial charge in [0.25, 0.3) is 0 Å². The average Bonchev–Trinajstić information content (AvgIpc) is 2.47. The van der Waals surface area contributed by atoms with Crippen molar-refractivity contribution < 1.29 is 13.2 Å². The van der Waals surface area contributed by atoms with E-state index in [1.54, 1.807) is 42.5 Å². The topological polar surface area (TPSA) is 89.3 Å². The first-order valence-corrected chi connectivity index (χ1v) is 7.97. The Morgan fingerprint density at radius 2 is 1.62 bits per heavy atom. The minimum absolute atomic E-state index is 0.00353. The van der Waals surface area contributed by atoms with E-state index in [4.69, 9.17) is 5.14 Å². The Balaban J connectivity index is 2.00. The molecule has 0 atom stereocenters. The lowest BCUT2D eigenvalue weighted by atomic mass is 10.1. The Morgan fingerprint density at radius 3 is 2.29 bits per heavy atom. The first kappa shape index (κ1) is 15.2. The molecule has 0 saturated heterocycles. The number of carbonyl (C=O) groups excluding carboxylic acids is 1. The van der Waals surface area contributed by atoms with E-state index in [2.05, 4.69) is 5.32 Å². The van der Waals surface area contributed by atoms with Gasteiger partial charge in [-0.3, -0.25) is 4.79 Å². The maximum Gasteiger partial charge on any atom is 0.240 e. The molecule has 0 heterocycles. The molecule has 0 bridgehead atoms. The maximum absolute atomic E-state index is 11.9. The number of rotatable bonds is 6. The van der Waals surface area contributed by atoms with Crippen LogP contribution in [0.1, 0.15) is 16.8 Å². The van der Waals surface area contributed by atoms with Gasteiger partial charge in [-0.15, -0.1) is 0 Å². The molecule has 3 N–H and O–H groups in total. The maximum atomic E-state index is 11.9. The van der Waals surface area contributed by atoms with Crippen LogP contribution in [-0.2, 0) is 10.0 Å². The Morgan fingerprint density at radius 1 is 1.00 bits per heavy atom. The third-order valence-corrected chi connectivity index (χ3v) is 3.93. The van der Waals surface area contributed by atoms with E-state index in [1.807, 2.05) is 6.07 Å². The summed E-state index contributed by atoms with van der Waals surface area (Å²) in [5.41, 5.74) is 1.04. The van der Waals surface area contributed by atoms with Gasteiger partial charge in [0.1, 0.15) is 4.90 Å². The van der Waals surface area contributed by atoms with Crippen LogP contribution >= 0.6 is 0 Å². The summed E-state index contributed by atoms with van der Waals surface area (Å²) in [5, 5.41) is 8.09. The number of carbonyl (C=O) groups is 1. The van der Waals surface area contributed by atoms with Crippen molar-refractivity contribution in [3.63, 3.8) is 0 Å². The largest absolute Gasteiger partial charge is 0.383 e. The highest BCUT2D eigenvalue weighted by Crippen LogP contribution is 2.19. The van der Waals surface area contributed by atoms with Gasteiger partial charge in [-0.05, 0) is 12.1 Å². The van der Waals surface area contributed by atoms with E-state index in [0.717, 1.165) is 0 Å². The lowest BCUT2D eigenvalue weighted by molar-refractivity contribution is 0.0986. The number of para-hydroxylation sites is 1. The lowest BCUT2D eigenvalue weighted by Gasteiger charge is -2.10. The van der Waals surface area contributed by atoms with Crippen LogP contribution in [-0.4, -0.2) is 20.7 Å². The molecule has 0 spiro atoms. The van der Waals surface area contributed by atoms with Gasteiger partial charge < -0.3 is 5.32 Å². The summed E-state index contributed by atoms with van der Waals surface area (Å²) in [6.07, 6.45) is 0.267. The molecule has 2 rings (SSSR count). The second-order valence-corrected chi connectivity index (χ2v) is 6.04. The minimum Gasteiger partial charge on any atom is -0.383 e. The number of nitrogens with one attached hydrogen (secondary N) is 1. The highest BCUT2D eigenvalue weighted by molar-refractivity contribution is 7.89. The second-order valence-electron chi connectivity index (χ2n) is 4.51. The number of sulfonamides is 1. The normalized spacial score (nSPS) is 11.1.